The van der Waals surface area contributed by atoms with Gasteiger partial charge < -0.3 is 10.5 Å². The second-order valence-corrected chi connectivity index (χ2v) is 5.10. The van der Waals surface area contributed by atoms with E-state index in [4.69, 9.17) is 10.5 Å². The predicted octanol–water partition coefficient (Wildman–Crippen LogP) is 2.84. The quantitative estimate of drug-likeness (QED) is 0.916. The van der Waals surface area contributed by atoms with Gasteiger partial charge in [0.1, 0.15) is 5.75 Å². The van der Waals surface area contributed by atoms with Crippen molar-refractivity contribution < 1.29 is 4.74 Å². The summed E-state index contributed by atoms with van der Waals surface area (Å²) in [6.07, 6.45) is 3.64. The number of nitrogens with two attached hydrogens (primary N) is 1. The van der Waals surface area contributed by atoms with Crippen LogP contribution >= 0.6 is 15.9 Å². The van der Waals surface area contributed by atoms with Crippen molar-refractivity contribution in [2.45, 2.75) is 24.7 Å². The Kier molecular flexibility index (Phi) is 3.03. The lowest BCUT2D eigenvalue weighted by Gasteiger charge is -2.42. The van der Waals surface area contributed by atoms with E-state index in [9.17, 15) is 0 Å². The number of hydrogen-bond donors (Lipinski definition) is 1. The number of benzene rings is 1. The average Bonchev–Trinajstić information content (AvgIpc) is 2.19. The molecule has 2 rings (SSSR count). The monoisotopic (exact) mass is 269 g/mol. The molecule has 0 unspecified atom stereocenters. The SMILES string of the molecule is COc1cc(Br)ccc1C1(CN)CCC1. The van der Waals surface area contributed by atoms with Gasteiger partial charge in [-0.05, 0) is 25.0 Å². The second kappa shape index (κ2) is 4.14. The lowest BCUT2D eigenvalue weighted by Crippen LogP contribution is -2.41. The van der Waals surface area contributed by atoms with Gasteiger partial charge in [-0.2, -0.15) is 0 Å². The van der Waals surface area contributed by atoms with Crippen LogP contribution in [0.3, 0.4) is 0 Å². The van der Waals surface area contributed by atoms with Crippen LogP contribution in [0.25, 0.3) is 0 Å². The summed E-state index contributed by atoms with van der Waals surface area (Å²) in [6, 6.07) is 6.22. The summed E-state index contributed by atoms with van der Waals surface area (Å²) >= 11 is 3.45. The fourth-order valence-corrected chi connectivity index (χ4v) is 2.63. The van der Waals surface area contributed by atoms with Crippen LogP contribution in [-0.4, -0.2) is 13.7 Å². The molecule has 2 N–H and O–H groups in total. The van der Waals surface area contributed by atoms with Crippen LogP contribution in [0.1, 0.15) is 24.8 Å². The van der Waals surface area contributed by atoms with E-state index in [1.54, 1.807) is 7.11 Å². The standard InChI is InChI=1S/C12H16BrNO/c1-15-11-7-9(13)3-4-10(11)12(8-14)5-2-6-12/h3-4,7H,2,5-6,8,14H2,1H3. The van der Waals surface area contributed by atoms with Crippen molar-refractivity contribution in [3.8, 4) is 5.75 Å². The van der Waals surface area contributed by atoms with Crippen LogP contribution in [0.5, 0.6) is 5.75 Å². The van der Waals surface area contributed by atoms with Crippen molar-refractivity contribution in [2.24, 2.45) is 5.73 Å². The fourth-order valence-electron chi connectivity index (χ4n) is 2.29. The molecule has 0 aromatic heterocycles. The van der Waals surface area contributed by atoms with E-state index in [0.29, 0.717) is 6.54 Å². The highest BCUT2D eigenvalue weighted by molar-refractivity contribution is 9.10. The van der Waals surface area contributed by atoms with Gasteiger partial charge in [0.15, 0.2) is 0 Å². The summed E-state index contributed by atoms with van der Waals surface area (Å²) in [4.78, 5) is 0. The van der Waals surface area contributed by atoms with Crippen molar-refractivity contribution in [1.29, 1.82) is 0 Å². The third-order valence-electron chi connectivity index (χ3n) is 3.44. The van der Waals surface area contributed by atoms with Crippen molar-refractivity contribution in [1.82, 2.24) is 0 Å². The summed E-state index contributed by atoms with van der Waals surface area (Å²) in [5.41, 5.74) is 7.33. The van der Waals surface area contributed by atoms with Gasteiger partial charge in [-0.25, -0.2) is 0 Å². The molecular weight excluding hydrogens is 254 g/mol. The number of methoxy groups -OCH3 is 1. The van der Waals surface area contributed by atoms with Crippen LogP contribution in [0.15, 0.2) is 22.7 Å². The number of halogens is 1. The number of ether oxygens (including phenoxy) is 1. The van der Waals surface area contributed by atoms with E-state index >= 15 is 0 Å². The Morgan fingerprint density at radius 3 is 2.67 bits per heavy atom. The Morgan fingerprint density at radius 1 is 1.47 bits per heavy atom. The molecule has 0 radical (unpaired) electrons. The first-order valence-corrected chi connectivity index (χ1v) is 6.05. The smallest absolute Gasteiger partial charge is 0.123 e. The molecule has 0 amide bonds. The third-order valence-corrected chi connectivity index (χ3v) is 3.93. The Labute approximate surface area is 98.9 Å². The topological polar surface area (TPSA) is 35.2 Å². The molecule has 1 aliphatic carbocycles. The fraction of sp³-hybridized carbons (Fsp3) is 0.500. The van der Waals surface area contributed by atoms with Crippen LogP contribution in [0.2, 0.25) is 0 Å². The van der Waals surface area contributed by atoms with Crippen molar-refractivity contribution >= 4 is 15.9 Å². The number of rotatable bonds is 3. The highest BCUT2D eigenvalue weighted by atomic mass is 79.9. The molecule has 1 aromatic carbocycles. The molecule has 2 nitrogen and oxygen atoms in total. The Hall–Kier alpha value is -0.540. The zero-order valence-corrected chi connectivity index (χ0v) is 10.5. The lowest BCUT2D eigenvalue weighted by atomic mass is 9.64. The molecule has 3 heteroatoms. The molecule has 1 aromatic rings. The molecule has 0 spiro atoms. The molecule has 1 saturated carbocycles. The molecule has 1 fully saturated rings. The van der Waals surface area contributed by atoms with Gasteiger partial charge >= 0.3 is 0 Å². The van der Waals surface area contributed by atoms with Crippen molar-refractivity contribution in [3.63, 3.8) is 0 Å². The summed E-state index contributed by atoms with van der Waals surface area (Å²) in [5.74, 6) is 0.953. The predicted molar refractivity (Wildman–Crippen MR) is 65.3 cm³/mol. The van der Waals surface area contributed by atoms with E-state index in [-0.39, 0.29) is 5.41 Å². The van der Waals surface area contributed by atoms with E-state index < -0.39 is 0 Å². The van der Waals surface area contributed by atoms with E-state index in [2.05, 4.69) is 28.1 Å². The maximum Gasteiger partial charge on any atom is 0.123 e. The number of hydrogen-bond acceptors (Lipinski definition) is 2. The van der Waals surface area contributed by atoms with E-state index in [1.807, 2.05) is 6.07 Å². The molecular formula is C12H16BrNO. The van der Waals surface area contributed by atoms with Gasteiger partial charge in [-0.15, -0.1) is 0 Å². The molecule has 0 saturated heterocycles. The maximum absolute atomic E-state index is 5.90. The van der Waals surface area contributed by atoms with Gasteiger partial charge in [0.05, 0.1) is 7.11 Å². The molecule has 0 heterocycles. The molecule has 1 aliphatic rings. The van der Waals surface area contributed by atoms with Crippen LogP contribution < -0.4 is 10.5 Å². The van der Waals surface area contributed by atoms with Gasteiger partial charge in [0.25, 0.3) is 0 Å². The molecule has 82 valence electrons. The minimum Gasteiger partial charge on any atom is -0.496 e. The summed E-state index contributed by atoms with van der Waals surface area (Å²) in [6.45, 7) is 0.713. The maximum atomic E-state index is 5.90. The van der Waals surface area contributed by atoms with Crippen molar-refractivity contribution in [3.05, 3.63) is 28.2 Å². The van der Waals surface area contributed by atoms with E-state index in [1.165, 1.54) is 24.8 Å². The van der Waals surface area contributed by atoms with Crippen LogP contribution in [-0.2, 0) is 5.41 Å². The average molecular weight is 270 g/mol. The first kappa shape index (κ1) is 11.0. The minimum absolute atomic E-state index is 0.173. The molecule has 0 bridgehead atoms. The van der Waals surface area contributed by atoms with Gasteiger partial charge in [-0.3, -0.25) is 0 Å². The van der Waals surface area contributed by atoms with Crippen LogP contribution in [0, 0.1) is 0 Å². The first-order valence-electron chi connectivity index (χ1n) is 5.26. The summed E-state index contributed by atoms with van der Waals surface area (Å²) < 4.78 is 6.47. The highest BCUT2D eigenvalue weighted by Gasteiger charge is 2.39. The van der Waals surface area contributed by atoms with E-state index in [0.717, 1.165) is 10.2 Å². The summed E-state index contributed by atoms with van der Waals surface area (Å²) in [5, 5.41) is 0. The lowest BCUT2D eigenvalue weighted by molar-refractivity contribution is 0.243. The minimum atomic E-state index is 0.173. The highest BCUT2D eigenvalue weighted by Crippen LogP contribution is 2.46. The molecule has 15 heavy (non-hydrogen) atoms. The zero-order valence-electron chi connectivity index (χ0n) is 8.92. The Balaban J connectivity index is 2.42. The second-order valence-electron chi connectivity index (χ2n) is 4.18. The molecule has 0 atom stereocenters. The summed E-state index contributed by atoms with van der Waals surface area (Å²) in [7, 11) is 1.72. The zero-order chi connectivity index (χ0) is 10.9. The Bertz CT molecular complexity index is 355. The first-order chi connectivity index (χ1) is 7.22. The normalized spacial score (nSPS) is 18.3. The van der Waals surface area contributed by atoms with Crippen molar-refractivity contribution in [2.75, 3.05) is 13.7 Å². The van der Waals surface area contributed by atoms with Gasteiger partial charge in [0, 0.05) is 22.0 Å². The van der Waals surface area contributed by atoms with Gasteiger partial charge in [-0.1, -0.05) is 28.4 Å². The third kappa shape index (κ3) is 1.79. The van der Waals surface area contributed by atoms with Crippen LogP contribution in [0.4, 0.5) is 0 Å². The Morgan fingerprint density at radius 2 is 2.20 bits per heavy atom. The van der Waals surface area contributed by atoms with Gasteiger partial charge in [0.2, 0.25) is 0 Å². The largest absolute Gasteiger partial charge is 0.496 e. The molecule has 0 aliphatic heterocycles.